The lowest BCUT2D eigenvalue weighted by Gasteiger charge is -2.10. The molecular weight excluding hydrogens is 276 g/mol. The summed E-state index contributed by atoms with van der Waals surface area (Å²) in [6, 6.07) is 0. The summed E-state index contributed by atoms with van der Waals surface area (Å²) in [7, 11) is 1.91. The highest BCUT2D eigenvalue weighted by molar-refractivity contribution is 8.01. The van der Waals surface area contributed by atoms with Gasteiger partial charge < -0.3 is 5.32 Å². The van der Waals surface area contributed by atoms with E-state index in [4.69, 9.17) is 4.98 Å². The Kier molecular flexibility index (Phi) is 3.45. The zero-order chi connectivity index (χ0) is 13.4. The number of rotatable bonds is 4. The van der Waals surface area contributed by atoms with Gasteiger partial charge in [-0.25, -0.2) is 15.0 Å². The molecule has 1 N–H and O–H groups in total. The number of nitrogens with zero attached hydrogens (tertiary/aromatic N) is 3. The normalized spacial score (nSPS) is 14.7. The average Bonchev–Trinajstić information content (AvgIpc) is 3.16. The predicted octanol–water partition coefficient (Wildman–Crippen LogP) is 3.62. The molecule has 0 aromatic carbocycles. The number of thiazole rings is 1. The minimum absolute atomic E-state index is 0.560. The summed E-state index contributed by atoms with van der Waals surface area (Å²) in [4.78, 5) is 13.8. The predicted molar refractivity (Wildman–Crippen MR) is 79.3 cm³/mol. The molecule has 0 saturated heterocycles. The summed E-state index contributed by atoms with van der Waals surface area (Å²) in [5.41, 5.74) is 2.17. The number of aryl methyl sites for hydroxylation is 1. The number of hydrogen-bond acceptors (Lipinski definition) is 6. The third-order valence-electron chi connectivity index (χ3n) is 3.08. The van der Waals surface area contributed by atoms with Gasteiger partial charge in [0.05, 0.1) is 0 Å². The molecule has 100 valence electrons. The molecule has 1 saturated carbocycles. The van der Waals surface area contributed by atoms with Gasteiger partial charge in [0.2, 0.25) is 0 Å². The first-order valence-electron chi connectivity index (χ1n) is 6.33. The number of anilines is 1. The zero-order valence-corrected chi connectivity index (χ0v) is 12.9. The van der Waals surface area contributed by atoms with Crippen molar-refractivity contribution >= 4 is 28.9 Å². The van der Waals surface area contributed by atoms with Crippen molar-refractivity contribution in [1.29, 1.82) is 0 Å². The Hall–Kier alpha value is -1.14. The van der Waals surface area contributed by atoms with Crippen LogP contribution < -0.4 is 5.32 Å². The van der Waals surface area contributed by atoms with Gasteiger partial charge in [0.25, 0.3) is 0 Å². The third-order valence-corrected chi connectivity index (χ3v) is 5.23. The van der Waals surface area contributed by atoms with Crippen LogP contribution in [0, 0.1) is 13.8 Å². The van der Waals surface area contributed by atoms with Gasteiger partial charge in [-0.15, -0.1) is 11.3 Å². The van der Waals surface area contributed by atoms with Crippen LogP contribution in [0.2, 0.25) is 0 Å². The molecule has 19 heavy (non-hydrogen) atoms. The molecule has 3 rings (SSSR count). The SMILES string of the molecule is CNc1nc(C2CC2)nc(Sc2nc(C)cs2)c1C. The zero-order valence-electron chi connectivity index (χ0n) is 11.2. The largest absolute Gasteiger partial charge is 0.373 e. The highest BCUT2D eigenvalue weighted by atomic mass is 32.2. The summed E-state index contributed by atoms with van der Waals surface area (Å²) in [6.45, 7) is 4.08. The van der Waals surface area contributed by atoms with Crippen LogP contribution in [-0.2, 0) is 0 Å². The average molecular weight is 292 g/mol. The van der Waals surface area contributed by atoms with Gasteiger partial charge in [-0.05, 0) is 38.5 Å². The first kappa shape index (κ1) is 12.9. The van der Waals surface area contributed by atoms with Crippen LogP contribution in [0.3, 0.4) is 0 Å². The van der Waals surface area contributed by atoms with Crippen molar-refractivity contribution in [3.63, 3.8) is 0 Å². The summed E-state index contributed by atoms with van der Waals surface area (Å²) in [5, 5.41) is 6.26. The van der Waals surface area contributed by atoms with E-state index in [0.717, 1.165) is 32.3 Å². The molecular formula is C13H16N4S2. The van der Waals surface area contributed by atoms with Gasteiger partial charge in [-0.3, -0.25) is 0 Å². The Balaban J connectivity index is 1.96. The smallest absolute Gasteiger partial charge is 0.156 e. The van der Waals surface area contributed by atoms with Crippen LogP contribution in [0.1, 0.15) is 35.8 Å². The minimum Gasteiger partial charge on any atom is -0.373 e. The van der Waals surface area contributed by atoms with Gasteiger partial charge >= 0.3 is 0 Å². The molecule has 2 aromatic heterocycles. The molecule has 0 amide bonds. The molecule has 1 aliphatic carbocycles. The van der Waals surface area contributed by atoms with Gasteiger partial charge in [0.15, 0.2) is 4.34 Å². The summed E-state index contributed by atoms with van der Waals surface area (Å²) >= 11 is 3.31. The maximum Gasteiger partial charge on any atom is 0.156 e. The number of nitrogens with one attached hydrogen (secondary N) is 1. The van der Waals surface area contributed by atoms with Gasteiger partial charge in [0.1, 0.15) is 16.7 Å². The standard InChI is InChI=1S/C13H16N4S2/c1-7-6-18-13(15-7)19-12-8(2)10(14-3)16-11(17-12)9-4-5-9/h6,9H,4-5H2,1-3H3,(H,14,16,17). The molecule has 1 aliphatic rings. The lowest BCUT2D eigenvalue weighted by atomic mass is 10.3. The first-order valence-corrected chi connectivity index (χ1v) is 8.03. The summed E-state index contributed by atoms with van der Waals surface area (Å²) in [5.74, 6) is 2.48. The highest BCUT2D eigenvalue weighted by Gasteiger charge is 2.28. The quantitative estimate of drug-likeness (QED) is 0.872. The van der Waals surface area contributed by atoms with E-state index in [0.29, 0.717) is 5.92 Å². The number of hydrogen-bond donors (Lipinski definition) is 1. The molecule has 6 heteroatoms. The van der Waals surface area contributed by atoms with Crippen molar-refractivity contribution in [2.24, 2.45) is 0 Å². The van der Waals surface area contributed by atoms with Crippen LogP contribution >= 0.6 is 23.1 Å². The minimum atomic E-state index is 0.560. The van der Waals surface area contributed by atoms with E-state index < -0.39 is 0 Å². The van der Waals surface area contributed by atoms with Crippen molar-refractivity contribution in [3.8, 4) is 0 Å². The summed E-state index contributed by atoms with van der Waals surface area (Å²) < 4.78 is 1.04. The van der Waals surface area contributed by atoms with Crippen LogP contribution in [0.4, 0.5) is 5.82 Å². The second kappa shape index (κ2) is 5.09. The lowest BCUT2D eigenvalue weighted by molar-refractivity contribution is 0.864. The van der Waals surface area contributed by atoms with Crippen LogP contribution in [0.25, 0.3) is 0 Å². The third kappa shape index (κ3) is 2.74. The molecule has 4 nitrogen and oxygen atoms in total. The second-order valence-corrected chi connectivity index (χ2v) is 6.84. The van der Waals surface area contributed by atoms with Crippen LogP contribution in [0.5, 0.6) is 0 Å². The van der Waals surface area contributed by atoms with E-state index in [-0.39, 0.29) is 0 Å². The molecule has 2 aromatic rings. The summed E-state index contributed by atoms with van der Waals surface area (Å²) in [6.07, 6.45) is 2.43. The van der Waals surface area contributed by atoms with E-state index >= 15 is 0 Å². The molecule has 0 spiro atoms. The molecule has 0 radical (unpaired) electrons. The van der Waals surface area contributed by atoms with Gasteiger partial charge in [-0.2, -0.15) is 0 Å². The van der Waals surface area contributed by atoms with E-state index in [1.54, 1.807) is 23.1 Å². The Morgan fingerprint density at radius 1 is 1.26 bits per heavy atom. The molecule has 2 heterocycles. The van der Waals surface area contributed by atoms with Crippen LogP contribution in [0.15, 0.2) is 14.7 Å². The fraction of sp³-hybridized carbons (Fsp3) is 0.462. The second-order valence-electron chi connectivity index (χ2n) is 4.74. The molecule has 0 aliphatic heterocycles. The Morgan fingerprint density at radius 3 is 2.63 bits per heavy atom. The van der Waals surface area contributed by atoms with E-state index in [1.165, 1.54) is 12.8 Å². The maximum absolute atomic E-state index is 4.73. The number of aromatic nitrogens is 3. The first-order chi connectivity index (χ1) is 9.17. The molecule has 0 atom stereocenters. The molecule has 1 fully saturated rings. The maximum atomic E-state index is 4.73. The van der Waals surface area contributed by atoms with Crippen LogP contribution in [-0.4, -0.2) is 22.0 Å². The highest BCUT2D eigenvalue weighted by Crippen LogP contribution is 2.41. The molecule has 0 unspecified atom stereocenters. The van der Waals surface area contributed by atoms with Crippen molar-refractivity contribution in [3.05, 3.63) is 22.5 Å². The van der Waals surface area contributed by atoms with Crippen molar-refractivity contribution in [1.82, 2.24) is 15.0 Å². The van der Waals surface area contributed by atoms with Crippen molar-refractivity contribution in [2.45, 2.75) is 42.0 Å². The van der Waals surface area contributed by atoms with Crippen molar-refractivity contribution in [2.75, 3.05) is 12.4 Å². The van der Waals surface area contributed by atoms with E-state index in [1.807, 2.05) is 14.0 Å². The Labute approximate surface area is 121 Å². The fourth-order valence-corrected chi connectivity index (χ4v) is 3.68. The Bertz CT molecular complexity index is 605. The topological polar surface area (TPSA) is 50.7 Å². The molecule has 0 bridgehead atoms. The fourth-order valence-electron chi connectivity index (χ4n) is 1.84. The van der Waals surface area contributed by atoms with Gasteiger partial charge in [-0.1, -0.05) is 0 Å². The Morgan fingerprint density at radius 2 is 2.05 bits per heavy atom. The van der Waals surface area contributed by atoms with Gasteiger partial charge in [0, 0.05) is 29.6 Å². The van der Waals surface area contributed by atoms with E-state index in [9.17, 15) is 0 Å². The van der Waals surface area contributed by atoms with Crippen molar-refractivity contribution < 1.29 is 0 Å². The van der Waals surface area contributed by atoms with E-state index in [2.05, 4.69) is 27.6 Å². The lowest BCUT2D eigenvalue weighted by Crippen LogP contribution is -2.03. The monoisotopic (exact) mass is 292 g/mol.